The fourth-order valence-electron chi connectivity index (χ4n) is 4.00. The third-order valence-corrected chi connectivity index (χ3v) is 5.66. The van der Waals surface area contributed by atoms with Crippen molar-refractivity contribution in [2.75, 3.05) is 19.6 Å². The zero-order chi connectivity index (χ0) is 21.8. The predicted molar refractivity (Wildman–Crippen MR) is 112 cm³/mol. The van der Waals surface area contributed by atoms with Crippen LogP contribution in [0.3, 0.4) is 0 Å². The van der Waals surface area contributed by atoms with Gasteiger partial charge in [-0.05, 0) is 31.4 Å². The number of piperidine rings is 1. The molecule has 2 aliphatic heterocycles. The Morgan fingerprint density at radius 1 is 0.839 bits per heavy atom. The zero-order valence-corrected chi connectivity index (χ0v) is 17.2. The van der Waals surface area contributed by atoms with E-state index in [1.807, 2.05) is 6.07 Å². The first-order valence-electron chi connectivity index (χ1n) is 10.5. The van der Waals surface area contributed by atoms with Crippen LogP contribution in [0.4, 0.5) is 0 Å². The number of benzene rings is 2. The highest BCUT2D eigenvalue weighted by molar-refractivity contribution is 6.21. The average molecular weight is 420 g/mol. The van der Waals surface area contributed by atoms with E-state index in [2.05, 4.69) is 0 Å². The molecule has 0 saturated carbocycles. The first-order chi connectivity index (χ1) is 15.1. The number of rotatable bonds is 6. The van der Waals surface area contributed by atoms with Crippen molar-refractivity contribution >= 4 is 23.7 Å². The van der Waals surface area contributed by atoms with Crippen LogP contribution in [-0.4, -0.2) is 53.1 Å². The van der Waals surface area contributed by atoms with E-state index in [1.54, 1.807) is 53.4 Å². The number of nitrogens with zero attached hydrogens (tertiary/aromatic N) is 2. The maximum atomic E-state index is 13.1. The predicted octanol–water partition coefficient (Wildman–Crippen LogP) is 2.97. The summed E-state index contributed by atoms with van der Waals surface area (Å²) in [7, 11) is 0. The minimum Gasteiger partial charge on any atom is -0.447 e. The van der Waals surface area contributed by atoms with Crippen LogP contribution in [-0.2, 0) is 14.3 Å². The van der Waals surface area contributed by atoms with Gasteiger partial charge in [0.15, 0.2) is 0 Å². The smallest absolute Gasteiger partial charge is 0.308 e. The van der Waals surface area contributed by atoms with Crippen molar-refractivity contribution < 1.29 is 23.9 Å². The quantitative estimate of drug-likeness (QED) is 0.530. The summed E-state index contributed by atoms with van der Waals surface area (Å²) in [5.41, 5.74) is 1.28. The van der Waals surface area contributed by atoms with E-state index < -0.39 is 23.9 Å². The molecule has 3 amide bonds. The Balaban J connectivity index is 1.43. The second-order valence-electron chi connectivity index (χ2n) is 7.72. The molecule has 160 valence electrons. The summed E-state index contributed by atoms with van der Waals surface area (Å²) in [6, 6.07) is 15.5. The van der Waals surface area contributed by atoms with E-state index in [0.717, 1.165) is 24.2 Å². The van der Waals surface area contributed by atoms with Crippen LogP contribution in [0.2, 0.25) is 0 Å². The van der Waals surface area contributed by atoms with Crippen molar-refractivity contribution in [1.29, 1.82) is 0 Å². The van der Waals surface area contributed by atoms with Crippen molar-refractivity contribution in [2.45, 2.75) is 31.8 Å². The number of likely N-dealkylation sites (tertiary alicyclic amines) is 1. The minimum absolute atomic E-state index is 0.0927. The number of fused-ring (bicyclic) bond motifs is 1. The van der Waals surface area contributed by atoms with Gasteiger partial charge in [0.2, 0.25) is 6.10 Å². The number of hydrogen-bond donors (Lipinski definition) is 0. The molecule has 2 aromatic rings. The van der Waals surface area contributed by atoms with Crippen LogP contribution >= 0.6 is 0 Å². The normalized spacial score (nSPS) is 16.8. The zero-order valence-electron chi connectivity index (χ0n) is 17.2. The lowest BCUT2D eigenvalue weighted by Crippen LogP contribution is -2.40. The van der Waals surface area contributed by atoms with Crippen LogP contribution in [0.1, 0.15) is 58.1 Å². The summed E-state index contributed by atoms with van der Waals surface area (Å²) in [5.74, 6) is -1.70. The van der Waals surface area contributed by atoms with Crippen LogP contribution in [0, 0.1) is 0 Å². The fraction of sp³-hybridized carbons (Fsp3) is 0.333. The first-order valence-corrected chi connectivity index (χ1v) is 10.5. The number of imide groups is 1. The second-order valence-corrected chi connectivity index (χ2v) is 7.72. The molecule has 0 radical (unpaired) electrons. The summed E-state index contributed by atoms with van der Waals surface area (Å²) in [6.07, 6.45) is 1.73. The van der Waals surface area contributed by atoms with E-state index in [9.17, 15) is 19.2 Å². The lowest BCUT2D eigenvalue weighted by molar-refractivity contribution is -0.161. The van der Waals surface area contributed by atoms with Crippen LogP contribution < -0.4 is 0 Å². The molecule has 1 saturated heterocycles. The van der Waals surface area contributed by atoms with E-state index in [4.69, 9.17) is 4.74 Å². The molecule has 0 aliphatic carbocycles. The summed E-state index contributed by atoms with van der Waals surface area (Å²) >= 11 is 0. The number of amides is 3. The number of hydrogen-bond acceptors (Lipinski definition) is 5. The van der Waals surface area contributed by atoms with Crippen LogP contribution in [0.15, 0.2) is 54.6 Å². The summed E-state index contributed by atoms with van der Waals surface area (Å²) in [4.78, 5) is 53.4. The van der Waals surface area contributed by atoms with Gasteiger partial charge in [0, 0.05) is 25.2 Å². The first kappa shape index (κ1) is 20.8. The Morgan fingerprint density at radius 3 is 2.03 bits per heavy atom. The highest BCUT2D eigenvalue weighted by Crippen LogP contribution is 2.25. The highest BCUT2D eigenvalue weighted by Gasteiger charge is 2.36. The largest absolute Gasteiger partial charge is 0.447 e. The van der Waals surface area contributed by atoms with Gasteiger partial charge in [-0.2, -0.15) is 0 Å². The molecular formula is C24H24N2O5. The Labute approximate surface area is 180 Å². The Hall–Kier alpha value is -3.48. The van der Waals surface area contributed by atoms with Gasteiger partial charge in [-0.15, -0.1) is 0 Å². The van der Waals surface area contributed by atoms with Gasteiger partial charge in [0.05, 0.1) is 17.5 Å². The monoisotopic (exact) mass is 420 g/mol. The molecule has 0 spiro atoms. The molecule has 2 aliphatic rings. The highest BCUT2D eigenvalue weighted by atomic mass is 16.5. The maximum absolute atomic E-state index is 13.1. The fourth-order valence-corrected chi connectivity index (χ4v) is 4.00. The number of esters is 1. The van der Waals surface area contributed by atoms with Crippen molar-refractivity contribution in [3.8, 4) is 0 Å². The summed E-state index contributed by atoms with van der Waals surface area (Å²) in [6.45, 7) is 1.20. The molecule has 7 nitrogen and oxygen atoms in total. The topological polar surface area (TPSA) is 84.0 Å². The number of carbonyl (C=O) groups is 4. The third-order valence-electron chi connectivity index (χ3n) is 5.66. The molecule has 0 unspecified atom stereocenters. The third kappa shape index (κ3) is 4.35. The Kier molecular flexibility index (Phi) is 6.11. The number of carbonyl (C=O) groups excluding carboxylic acids is 4. The van der Waals surface area contributed by atoms with E-state index >= 15 is 0 Å². The summed E-state index contributed by atoms with van der Waals surface area (Å²) < 4.78 is 5.58. The average Bonchev–Trinajstić information content (AvgIpc) is 3.06. The van der Waals surface area contributed by atoms with E-state index in [0.29, 0.717) is 29.8 Å². The van der Waals surface area contributed by atoms with Crippen molar-refractivity contribution in [2.24, 2.45) is 0 Å². The lowest BCUT2D eigenvalue weighted by Gasteiger charge is -2.30. The van der Waals surface area contributed by atoms with Gasteiger partial charge < -0.3 is 9.64 Å². The molecule has 31 heavy (non-hydrogen) atoms. The van der Waals surface area contributed by atoms with Gasteiger partial charge in [0.1, 0.15) is 0 Å². The molecule has 1 atom stereocenters. The number of ether oxygens (including phenoxy) is 1. The molecule has 0 aromatic heterocycles. The van der Waals surface area contributed by atoms with Crippen LogP contribution in [0.5, 0.6) is 0 Å². The van der Waals surface area contributed by atoms with Crippen LogP contribution in [0.25, 0.3) is 0 Å². The standard InChI is InChI=1S/C24H24N2O5/c27-20(13-16-26-22(28)18-11-5-6-12-19(18)23(26)29)31-21(17-9-3-1-4-10-17)24(30)25-14-7-2-8-15-25/h1,3-6,9-12,21H,2,7-8,13-16H2/t21-/m0/s1. The molecule has 7 heteroatoms. The van der Waals surface area contributed by atoms with Crippen molar-refractivity contribution in [3.63, 3.8) is 0 Å². The lowest BCUT2D eigenvalue weighted by atomic mass is 10.1. The van der Waals surface area contributed by atoms with Gasteiger partial charge in [0.25, 0.3) is 17.7 Å². The molecular weight excluding hydrogens is 396 g/mol. The molecule has 0 N–H and O–H groups in total. The maximum Gasteiger partial charge on any atom is 0.308 e. The SMILES string of the molecule is O=C(CCN1C(=O)c2ccccc2C1=O)O[C@H](C(=O)N1CCCCC1)c1ccccc1. The second kappa shape index (κ2) is 9.12. The van der Waals surface area contributed by atoms with Gasteiger partial charge in [-0.1, -0.05) is 42.5 Å². The molecule has 1 fully saturated rings. The Bertz CT molecular complexity index is 963. The molecule has 0 bridgehead atoms. The Morgan fingerprint density at radius 2 is 1.42 bits per heavy atom. The van der Waals surface area contributed by atoms with Crippen molar-refractivity contribution in [3.05, 3.63) is 71.3 Å². The summed E-state index contributed by atoms with van der Waals surface area (Å²) in [5, 5.41) is 0. The van der Waals surface area contributed by atoms with Gasteiger partial charge in [-0.3, -0.25) is 24.1 Å². The van der Waals surface area contributed by atoms with Crippen molar-refractivity contribution in [1.82, 2.24) is 9.80 Å². The minimum atomic E-state index is -1.03. The van der Waals surface area contributed by atoms with Gasteiger partial charge in [-0.25, -0.2) is 0 Å². The molecule has 4 rings (SSSR count). The van der Waals surface area contributed by atoms with E-state index in [-0.39, 0.29) is 18.9 Å². The van der Waals surface area contributed by atoms with Gasteiger partial charge >= 0.3 is 5.97 Å². The van der Waals surface area contributed by atoms with E-state index in [1.165, 1.54) is 0 Å². The molecule has 2 heterocycles. The molecule has 2 aromatic carbocycles.